The molecule has 0 aliphatic carbocycles. The number of carbonyl (C=O) groups excluding carboxylic acids is 2. The minimum Gasteiger partial charge on any atom is -0.497 e. The summed E-state index contributed by atoms with van der Waals surface area (Å²) in [5.74, 6) is 1.50. The number of ether oxygens (including phenoxy) is 3. The lowest BCUT2D eigenvalue weighted by molar-refractivity contribution is -0.134. The second-order valence-corrected chi connectivity index (χ2v) is 8.26. The van der Waals surface area contributed by atoms with Crippen LogP contribution in [0.25, 0.3) is 0 Å². The van der Waals surface area contributed by atoms with Gasteiger partial charge in [0.25, 0.3) is 0 Å². The van der Waals surface area contributed by atoms with Crippen LogP contribution in [-0.4, -0.2) is 36.4 Å². The number of nitrogens with one attached hydrogen (secondary N) is 1. The fourth-order valence-corrected chi connectivity index (χ4v) is 4.16. The van der Waals surface area contributed by atoms with Crippen LogP contribution in [0, 0.1) is 0 Å². The summed E-state index contributed by atoms with van der Waals surface area (Å²) in [5, 5.41) is 8.99. The number of hydrogen-bond donors (Lipinski definition) is 1. The number of anilines is 1. The Balaban J connectivity index is 1.28. The van der Waals surface area contributed by atoms with Gasteiger partial charge in [0, 0.05) is 31.0 Å². The molecule has 8 nitrogen and oxygen atoms in total. The van der Waals surface area contributed by atoms with Gasteiger partial charge in [0.2, 0.25) is 18.6 Å². The second-order valence-electron chi connectivity index (χ2n) is 8.26. The van der Waals surface area contributed by atoms with Gasteiger partial charge in [-0.1, -0.05) is 42.5 Å². The van der Waals surface area contributed by atoms with E-state index < -0.39 is 0 Å². The molecule has 2 aliphatic heterocycles. The van der Waals surface area contributed by atoms with Crippen molar-refractivity contribution >= 4 is 23.2 Å². The van der Waals surface area contributed by atoms with Gasteiger partial charge in [0.15, 0.2) is 11.5 Å². The molecular formula is C27H25N3O5. The molecule has 0 fully saturated rings. The van der Waals surface area contributed by atoms with Gasteiger partial charge in [-0.2, -0.15) is 5.10 Å². The number of rotatable bonds is 7. The van der Waals surface area contributed by atoms with Crippen molar-refractivity contribution in [3.05, 3.63) is 83.9 Å². The standard InChI is InChI=1S/C27H25N3O5/c1-33-21-10-7-19(8-11-21)23-16-22(18-5-3-2-4-6-18)29-30(23)27(32)14-13-26(31)28-20-9-12-24-25(15-20)35-17-34-24/h2-12,15,23H,13-14,16-17H2,1H3,(H,28,31)/t23-/m0/s1. The minimum absolute atomic E-state index is 0.0363. The molecule has 0 aromatic heterocycles. The highest BCUT2D eigenvalue weighted by atomic mass is 16.7. The van der Waals surface area contributed by atoms with Gasteiger partial charge in [-0.15, -0.1) is 0 Å². The maximum absolute atomic E-state index is 13.2. The fraction of sp³-hybridized carbons (Fsp3) is 0.222. The molecule has 8 heteroatoms. The first-order valence-corrected chi connectivity index (χ1v) is 11.4. The molecule has 0 saturated heterocycles. The number of fused-ring (bicyclic) bond motifs is 1. The molecule has 1 atom stereocenters. The van der Waals surface area contributed by atoms with Crippen LogP contribution in [0.15, 0.2) is 77.9 Å². The molecule has 1 N–H and O–H groups in total. The van der Waals surface area contributed by atoms with E-state index in [0.29, 0.717) is 23.6 Å². The first-order chi connectivity index (χ1) is 17.1. The first-order valence-electron chi connectivity index (χ1n) is 11.4. The van der Waals surface area contributed by atoms with Gasteiger partial charge < -0.3 is 19.5 Å². The van der Waals surface area contributed by atoms with Crippen LogP contribution in [0.4, 0.5) is 5.69 Å². The lowest BCUT2D eigenvalue weighted by Gasteiger charge is -2.22. The van der Waals surface area contributed by atoms with Gasteiger partial charge >= 0.3 is 0 Å². The van der Waals surface area contributed by atoms with Crippen LogP contribution in [0.3, 0.4) is 0 Å². The molecule has 2 heterocycles. The van der Waals surface area contributed by atoms with Gasteiger partial charge in [-0.3, -0.25) is 9.59 Å². The first kappa shape index (κ1) is 22.5. The molecule has 0 spiro atoms. The molecule has 2 aliphatic rings. The topological polar surface area (TPSA) is 89.5 Å². The second kappa shape index (κ2) is 9.89. The number of methoxy groups -OCH3 is 1. The van der Waals surface area contributed by atoms with E-state index in [1.54, 1.807) is 25.3 Å². The van der Waals surface area contributed by atoms with Gasteiger partial charge in [0.05, 0.1) is 18.9 Å². The molecule has 3 aromatic carbocycles. The highest BCUT2D eigenvalue weighted by molar-refractivity contribution is 6.03. The maximum atomic E-state index is 13.2. The van der Waals surface area contributed by atoms with Crippen LogP contribution in [0.1, 0.15) is 36.4 Å². The molecule has 3 aromatic rings. The van der Waals surface area contributed by atoms with Crippen LogP contribution in [0.5, 0.6) is 17.2 Å². The Morgan fingerprint density at radius 3 is 2.54 bits per heavy atom. The Labute approximate surface area is 203 Å². The van der Waals surface area contributed by atoms with E-state index in [-0.39, 0.29) is 37.5 Å². The van der Waals surface area contributed by atoms with Crippen molar-refractivity contribution in [1.82, 2.24) is 5.01 Å². The predicted octanol–water partition coefficient (Wildman–Crippen LogP) is 4.52. The molecule has 0 saturated carbocycles. The Bertz CT molecular complexity index is 1260. The predicted molar refractivity (Wildman–Crippen MR) is 131 cm³/mol. The number of nitrogens with zero attached hydrogens (tertiary/aromatic N) is 2. The van der Waals surface area contributed by atoms with E-state index in [2.05, 4.69) is 10.4 Å². The maximum Gasteiger partial charge on any atom is 0.243 e. The van der Waals surface area contributed by atoms with Crippen LogP contribution < -0.4 is 19.5 Å². The fourth-order valence-electron chi connectivity index (χ4n) is 4.16. The third-order valence-electron chi connectivity index (χ3n) is 6.00. The average Bonchev–Trinajstić information content (AvgIpc) is 3.55. The SMILES string of the molecule is COc1ccc([C@@H]2CC(c3ccccc3)=NN2C(=O)CCC(=O)Nc2ccc3c(c2)OCO3)cc1. The quantitative estimate of drug-likeness (QED) is 0.547. The monoisotopic (exact) mass is 471 g/mol. The number of carbonyl (C=O) groups is 2. The lowest BCUT2D eigenvalue weighted by Crippen LogP contribution is -2.28. The highest BCUT2D eigenvalue weighted by Crippen LogP contribution is 2.35. The van der Waals surface area contributed by atoms with Crippen LogP contribution in [-0.2, 0) is 9.59 Å². The molecule has 0 radical (unpaired) electrons. The van der Waals surface area contributed by atoms with Gasteiger partial charge in [-0.25, -0.2) is 5.01 Å². The van der Waals surface area contributed by atoms with Crippen molar-refractivity contribution in [2.75, 3.05) is 19.2 Å². The normalized spacial score (nSPS) is 16.1. The smallest absolute Gasteiger partial charge is 0.243 e. The summed E-state index contributed by atoms with van der Waals surface area (Å²) in [6.07, 6.45) is 0.662. The van der Waals surface area contributed by atoms with Crippen molar-refractivity contribution < 1.29 is 23.8 Å². The van der Waals surface area contributed by atoms with E-state index in [4.69, 9.17) is 14.2 Å². The summed E-state index contributed by atoms with van der Waals surface area (Å²) in [4.78, 5) is 25.8. The minimum atomic E-state index is -0.260. The van der Waals surface area contributed by atoms with Gasteiger partial charge in [0.1, 0.15) is 5.75 Å². The number of hydrazone groups is 1. The van der Waals surface area contributed by atoms with Crippen molar-refractivity contribution in [1.29, 1.82) is 0 Å². The van der Waals surface area contributed by atoms with Gasteiger partial charge in [-0.05, 0) is 35.4 Å². The Morgan fingerprint density at radius 2 is 1.77 bits per heavy atom. The number of amides is 2. The Hall–Kier alpha value is -4.33. The Morgan fingerprint density at radius 1 is 1.00 bits per heavy atom. The molecule has 0 bridgehead atoms. The van der Waals surface area contributed by atoms with E-state index in [9.17, 15) is 9.59 Å². The summed E-state index contributed by atoms with van der Waals surface area (Å²) in [7, 11) is 1.62. The number of benzene rings is 3. The number of hydrogen-bond acceptors (Lipinski definition) is 6. The summed E-state index contributed by atoms with van der Waals surface area (Å²) in [5.41, 5.74) is 3.36. The zero-order valence-corrected chi connectivity index (χ0v) is 19.3. The molecule has 178 valence electrons. The summed E-state index contributed by atoms with van der Waals surface area (Å²) in [6, 6.07) is 22.4. The summed E-state index contributed by atoms with van der Waals surface area (Å²) < 4.78 is 15.9. The third kappa shape index (κ3) is 4.96. The van der Waals surface area contributed by atoms with Crippen LogP contribution >= 0.6 is 0 Å². The average molecular weight is 472 g/mol. The Kier molecular flexibility index (Phi) is 6.34. The zero-order valence-electron chi connectivity index (χ0n) is 19.3. The zero-order chi connectivity index (χ0) is 24.2. The highest BCUT2D eigenvalue weighted by Gasteiger charge is 2.33. The molecule has 0 unspecified atom stereocenters. The lowest BCUT2D eigenvalue weighted by atomic mass is 9.98. The summed E-state index contributed by atoms with van der Waals surface area (Å²) in [6.45, 7) is 0.165. The van der Waals surface area contributed by atoms with E-state index in [0.717, 1.165) is 22.6 Å². The molecular weight excluding hydrogens is 446 g/mol. The van der Waals surface area contributed by atoms with Crippen molar-refractivity contribution in [2.45, 2.75) is 25.3 Å². The largest absolute Gasteiger partial charge is 0.497 e. The molecule has 2 amide bonds. The van der Waals surface area contributed by atoms with Crippen molar-refractivity contribution in [3.8, 4) is 17.2 Å². The molecule has 35 heavy (non-hydrogen) atoms. The summed E-state index contributed by atoms with van der Waals surface area (Å²) >= 11 is 0. The van der Waals surface area contributed by atoms with E-state index in [1.165, 1.54) is 5.01 Å². The van der Waals surface area contributed by atoms with E-state index in [1.807, 2.05) is 54.6 Å². The molecule has 5 rings (SSSR count). The van der Waals surface area contributed by atoms with Crippen molar-refractivity contribution in [3.63, 3.8) is 0 Å². The van der Waals surface area contributed by atoms with E-state index >= 15 is 0 Å². The van der Waals surface area contributed by atoms with Crippen molar-refractivity contribution in [2.24, 2.45) is 5.10 Å². The van der Waals surface area contributed by atoms with Crippen LogP contribution in [0.2, 0.25) is 0 Å². The third-order valence-corrected chi connectivity index (χ3v) is 6.00.